The number of carbonyl (C=O) groups excluding carboxylic acids is 1. The molecule has 2 heterocycles. The van der Waals surface area contributed by atoms with Crippen LogP contribution >= 0.6 is 0 Å². The summed E-state index contributed by atoms with van der Waals surface area (Å²) in [5.41, 5.74) is 0. The Hall–Kier alpha value is -1.30. The predicted molar refractivity (Wildman–Crippen MR) is 80.3 cm³/mol. The van der Waals surface area contributed by atoms with Crippen LogP contribution in [0.15, 0.2) is 0 Å². The minimum atomic E-state index is -0.870. The van der Waals surface area contributed by atoms with Gasteiger partial charge in [0.25, 0.3) is 0 Å². The third kappa shape index (κ3) is 3.67. The van der Waals surface area contributed by atoms with Crippen molar-refractivity contribution in [2.45, 2.75) is 51.6 Å². The second-order valence-corrected chi connectivity index (χ2v) is 6.10. The Balaban J connectivity index is 2.05. The quantitative estimate of drug-likeness (QED) is 0.838. The van der Waals surface area contributed by atoms with Crippen molar-refractivity contribution in [3.8, 4) is 0 Å². The van der Waals surface area contributed by atoms with Crippen LogP contribution in [0, 0.1) is 0 Å². The Morgan fingerprint density at radius 2 is 1.90 bits per heavy atom. The first kappa shape index (κ1) is 16.1. The van der Waals surface area contributed by atoms with Gasteiger partial charge in [-0.1, -0.05) is 19.8 Å². The number of nitrogens with zero attached hydrogens (tertiary/aromatic N) is 3. The number of aliphatic carboxylic acids is 1. The third-order valence-corrected chi connectivity index (χ3v) is 4.73. The predicted octanol–water partition coefficient (Wildman–Crippen LogP) is 1.46. The zero-order valence-corrected chi connectivity index (χ0v) is 13.1. The first-order chi connectivity index (χ1) is 10.0. The number of hydrogen-bond donors (Lipinski definition) is 1. The van der Waals surface area contributed by atoms with Crippen LogP contribution in [-0.4, -0.2) is 76.6 Å². The molecule has 1 N–H and O–H groups in total. The average Bonchev–Trinajstić information content (AvgIpc) is 2.72. The molecule has 0 spiro atoms. The van der Waals surface area contributed by atoms with Gasteiger partial charge in [0.2, 0.25) is 0 Å². The second-order valence-electron chi connectivity index (χ2n) is 6.10. The van der Waals surface area contributed by atoms with E-state index in [-0.39, 0.29) is 6.03 Å². The molecule has 0 aromatic carbocycles. The van der Waals surface area contributed by atoms with Gasteiger partial charge in [-0.2, -0.15) is 0 Å². The van der Waals surface area contributed by atoms with Crippen LogP contribution in [0.25, 0.3) is 0 Å². The van der Waals surface area contributed by atoms with Gasteiger partial charge in [-0.3, -0.25) is 4.90 Å². The lowest BCUT2D eigenvalue weighted by Crippen LogP contribution is -2.58. The van der Waals surface area contributed by atoms with E-state index < -0.39 is 12.0 Å². The van der Waals surface area contributed by atoms with E-state index in [4.69, 9.17) is 0 Å². The molecule has 120 valence electrons. The van der Waals surface area contributed by atoms with Gasteiger partial charge in [0.05, 0.1) is 0 Å². The Morgan fingerprint density at radius 3 is 2.52 bits per heavy atom. The second kappa shape index (κ2) is 7.11. The van der Waals surface area contributed by atoms with Crippen molar-refractivity contribution in [1.29, 1.82) is 0 Å². The van der Waals surface area contributed by atoms with Gasteiger partial charge in [-0.05, 0) is 26.3 Å². The van der Waals surface area contributed by atoms with Gasteiger partial charge in [0.1, 0.15) is 6.04 Å². The normalized spacial score (nSPS) is 28.3. The molecule has 21 heavy (non-hydrogen) atoms. The summed E-state index contributed by atoms with van der Waals surface area (Å²) >= 11 is 0. The molecule has 0 aromatic heterocycles. The van der Waals surface area contributed by atoms with Crippen LogP contribution in [0.3, 0.4) is 0 Å². The van der Waals surface area contributed by atoms with Gasteiger partial charge < -0.3 is 14.9 Å². The average molecular weight is 297 g/mol. The molecular weight excluding hydrogens is 270 g/mol. The van der Waals surface area contributed by atoms with Crippen molar-refractivity contribution >= 4 is 12.0 Å². The molecule has 0 radical (unpaired) electrons. The Bertz CT molecular complexity index is 388. The van der Waals surface area contributed by atoms with Gasteiger partial charge in [-0.25, -0.2) is 9.59 Å². The minimum Gasteiger partial charge on any atom is -0.480 e. The van der Waals surface area contributed by atoms with Crippen LogP contribution in [0.5, 0.6) is 0 Å². The number of rotatable bonds is 2. The fourth-order valence-electron chi connectivity index (χ4n) is 3.41. The molecule has 2 amide bonds. The fraction of sp³-hybridized carbons (Fsp3) is 0.867. The number of amides is 2. The molecule has 2 unspecified atom stereocenters. The number of hydrogen-bond acceptors (Lipinski definition) is 3. The highest BCUT2D eigenvalue weighted by Crippen LogP contribution is 2.20. The molecule has 2 fully saturated rings. The maximum atomic E-state index is 12.7. The van der Waals surface area contributed by atoms with Gasteiger partial charge in [0, 0.05) is 32.2 Å². The third-order valence-electron chi connectivity index (χ3n) is 4.73. The first-order valence-corrected chi connectivity index (χ1v) is 8.07. The van der Waals surface area contributed by atoms with Crippen molar-refractivity contribution in [1.82, 2.24) is 14.7 Å². The number of carboxylic acid groups (broad SMARTS) is 1. The van der Waals surface area contributed by atoms with E-state index in [1.54, 1.807) is 4.90 Å². The minimum absolute atomic E-state index is 0.0908. The SMILES string of the molecule is CCN1CCN(C(=O)N2CCCCCC2C(=O)O)CC1C. The molecule has 2 aliphatic rings. The summed E-state index contributed by atoms with van der Waals surface area (Å²) in [6.45, 7) is 8.07. The van der Waals surface area contributed by atoms with E-state index in [0.717, 1.165) is 32.4 Å². The standard InChI is InChI=1S/C15H27N3O3/c1-3-16-9-10-17(11-12(16)2)15(21)18-8-6-4-5-7-13(18)14(19)20/h12-13H,3-11H2,1-2H3,(H,19,20). The van der Waals surface area contributed by atoms with E-state index in [1.165, 1.54) is 0 Å². The molecule has 2 atom stereocenters. The summed E-state index contributed by atoms with van der Waals surface area (Å²) < 4.78 is 0. The fourth-order valence-corrected chi connectivity index (χ4v) is 3.41. The lowest BCUT2D eigenvalue weighted by atomic mass is 10.1. The van der Waals surface area contributed by atoms with Gasteiger partial charge in [-0.15, -0.1) is 0 Å². The molecule has 6 nitrogen and oxygen atoms in total. The van der Waals surface area contributed by atoms with E-state index in [2.05, 4.69) is 18.7 Å². The number of urea groups is 1. The van der Waals surface area contributed by atoms with E-state index in [1.807, 2.05) is 4.90 Å². The molecule has 0 bridgehead atoms. The lowest BCUT2D eigenvalue weighted by Gasteiger charge is -2.42. The summed E-state index contributed by atoms with van der Waals surface area (Å²) in [7, 11) is 0. The number of likely N-dealkylation sites (tertiary alicyclic amines) is 1. The van der Waals surface area contributed by atoms with Crippen molar-refractivity contribution in [3.63, 3.8) is 0 Å². The van der Waals surface area contributed by atoms with Crippen molar-refractivity contribution in [2.24, 2.45) is 0 Å². The summed E-state index contributed by atoms with van der Waals surface area (Å²) in [6, 6.07) is -0.408. The zero-order valence-electron chi connectivity index (χ0n) is 13.1. The van der Waals surface area contributed by atoms with E-state index >= 15 is 0 Å². The Kier molecular flexibility index (Phi) is 5.45. The number of piperazine rings is 1. The zero-order chi connectivity index (χ0) is 15.4. The summed E-state index contributed by atoms with van der Waals surface area (Å²) in [6.07, 6.45) is 3.37. The number of carboxylic acids is 1. The molecule has 0 aliphatic carbocycles. The largest absolute Gasteiger partial charge is 0.480 e. The van der Waals surface area contributed by atoms with Crippen molar-refractivity contribution in [2.75, 3.05) is 32.7 Å². The van der Waals surface area contributed by atoms with Crippen LogP contribution in [0.4, 0.5) is 4.79 Å². The smallest absolute Gasteiger partial charge is 0.326 e. The molecular formula is C15H27N3O3. The summed E-state index contributed by atoms with van der Waals surface area (Å²) in [5, 5.41) is 9.39. The van der Waals surface area contributed by atoms with Gasteiger partial charge in [0.15, 0.2) is 0 Å². The highest BCUT2D eigenvalue weighted by atomic mass is 16.4. The summed E-state index contributed by atoms with van der Waals surface area (Å²) in [5.74, 6) is -0.870. The monoisotopic (exact) mass is 297 g/mol. The van der Waals surface area contributed by atoms with Crippen molar-refractivity contribution in [3.05, 3.63) is 0 Å². The molecule has 2 saturated heterocycles. The number of likely N-dealkylation sites (N-methyl/N-ethyl adjacent to an activating group) is 1. The molecule has 2 aliphatic heterocycles. The molecule has 0 aromatic rings. The maximum Gasteiger partial charge on any atom is 0.326 e. The Morgan fingerprint density at radius 1 is 1.14 bits per heavy atom. The molecule has 2 rings (SSSR count). The Labute approximate surface area is 126 Å². The van der Waals surface area contributed by atoms with Gasteiger partial charge >= 0.3 is 12.0 Å². The highest BCUT2D eigenvalue weighted by Gasteiger charge is 2.35. The first-order valence-electron chi connectivity index (χ1n) is 8.07. The van der Waals surface area contributed by atoms with Crippen LogP contribution in [0.2, 0.25) is 0 Å². The van der Waals surface area contributed by atoms with Crippen molar-refractivity contribution < 1.29 is 14.7 Å². The van der Waals surface area contributed by atoms with Crippen LogP contribution in [0.1, 0.15) is 39.5 Å². The molecule has 0 saturated carbocycles. The van der Waals surface area contributed by atoms with Crippen LogP contribution < -0.4 is 0 Å². The van der Waals surface area contributed by atoms with Crippen LogP contribution in [-0.2, 0) is 4.79 Å². The summed E-state index contributed by atoms with van der Waals surface area (Å²) in [4.78, 5) is 29.9. The molecule has 6 heteroatoms. The van der Waals surface area contributed by atoms with E-state index in [0.29, 0.717) is 32.1 Å². The number of carbonyl (C=O) groups is 2. The topological polar surface area (TPSA) is 64.1 Å². The highest BCUT2D eigenvalue weighted by molar-refractivity contribution is 5.83. The van der Waals surface area contributed by atoms with E-state index in [9.17, 15) is 14.7 Å². The maximum absolute atomic E-state index is 12.7. The lowest BCUT2D eigenvalue weighted by molar-refractivity contribution is -0.142.